The van der Waals surface area contributed by atoms with Crippen LogP contribution in [0.2, 0.25) is 11.5 Å². The van der Waals surface area contributed by atoms with E-state index in [0.717, 1.165) is 0 Å². The Morgan fingerprint density at radius 2 is 1.06 bits per heavy atom. The summed E-state index contributed by atoms with van der Waals surface area (Å²) in [5.74, 6) is 4.78. The molecular weight excluding hydrogens is 455 g/mol. The summed E-state index contributed by atoms with van der Waals surface area (Å²) in [4.78, 5) is 0. The van der Waals surface area contributed by atoms with Crippen molar-refractivity contribution in [3.05, 3.63) is 24.3 Å². The topological polar surface area (TPSA) is 60.7 Å². The van der Waals surface area contributed by atoms with E-state index in [1.807, 2.05) is 0 Å². The first-order chi connectivity index (χ1) is 8.05. The minimum Gasteiger partial charge on any atom is 0 e. The maximum atomic E-state index is 7.57. The first-order valence-corrected chi connectivity index (χ1v) is 12.1. The number of hydrogen-bond acceptors (Lipinski definition) is 3. The van der Waals surface area contributed by atoms with Crippen molar-refractivity contribution in [2.75, 3.05) is 19.8 Å². The summed E-state index contributed by atoms with van der Waals surface area (Å²) >= 11 is -0.888. The van der Waals surface area contributed by atoms with Gasteiger partial charge in [-0.2, -0.15) is 0 Å². The fraction of sp³-hybridized carbons (Fsp3) is 0.615. The van der Waals surface area contributed by atoms with E-state index in [1.54, 1.807) is 25.2 Å². The minimum atomic E-state index is -0.888. The van der Waals surface area contributed by atoms with Crippen molar-refractivity contribution in [3.8, 4) is 0 Å². The molecule has 0 spiro atoms. The zero-order valence-corrected chi connectivity index (χ0v) is 18.4. The van der Waals surface area contributed by atoms with Crippen molar-refractivity contribution in [1.82, 2.24) is 0 Å². The van der Waals surface area contributed by atoms with Gasteiger partial charge in [0, 0.05) is 45.7 Å². The van der Waals surface area contributed by atoms with E-state index < -0.39 is 14.3 Å². The van der Waals surface area contributed by atoms with E-state index in [2.05, 4.69) is 35.8 Å². The molecule has 1 aromatic carbocycles. The van der Waals surface area contributed by atoms with Crippen LogP contribution in [0.1, 0.15) is 20.8 Å². The van der Waals surface area contributed by atoms with Crippen molar-refractivity contribution >= 4 is 18.7 Å². The van der Waals surface area contributed by atoms with Crippen LogP contribution in [-0.2, 0) is 25.8 Å². The van der Waals surface area contributed by atoms with Crippen molar-refractivity contribution in [2.24, 2.45) is 0 Å². The van der Waals surface area contributed by atoms with Gasteiger partial charge in [0.2, 0.25) is 0 Å². The Kier molecular flexibility index (Phi) is 39.5. The summed E-state index contributed by atoms with van der Waals surface area (Å²) < 4.78 is 1.62. The molecular formula is C13H29GeHfO3-. The molecule has 0 saturated carbocycles. The molecule has 18 heavy (non-hydrogen) atoms. The fourth-order valence-corrected chi connectivity index (χ4v) is 2.86. The quantitative estimate of drug-likeness (QED) is 0.413. The van der Waals surface area contributed by atoms with Gasteiger partial charge in [0.25, 0.3) is 0 Å². The Labute approximate surface area is 135 Å². The van der Waals surface area contributed by atoms with Crippen molar-refractivity contribution in [3.63, 3.8) is 0 Å². The van der Waals surface area contributed by atoms with Gasteiger partial charge in [-0.1, -0.05) is 0 Å². The van der Waals surface area contributed by atoms with E-state index in [4.69, 9.17) is 15.3 Å². The Bertz CT molecular complexity index is 187. The predicted molar refractivity (Wildman–Crippen MR) is 78.8 cm³/mol. The second-order valence-electron chi connectivity index (χ2n) is 3.32. The van der Waals surface area contributed by atoms with Gasteiger partial charge in [-0.15, -0.1) is 0 Å². The van der Waals surface area contributed by atoms with Crippen molar-refractivity contribution < 1.29 is 41.2 Å². The van der Waals surface area contributed by atoms with E-state index >= 15 is 0 Å². The molecule has 0 radical (unpaired) electrons. The number of aliphatic hydroxyl groups is 3. The zero-order valence-electron chi connectivity index (χ0n) is 12.3. The first-order valence-electron chi connectivity index (χ1n) is 6.09. The fourth-order valence-electron chi connectivity index (χ4n) is 0.774. The third kappa shape index (κ3) is 30.0. The Balaban J connectivity index is -0.0000000840. The molecule has 3 N–H and O–H groups in total. The van der Waals surface area contributed by atoms with Crippen LogP contribution in [0.25, 0.3) is 0 Å². The van der Waals surface area contributed by atoms with Crippen LogP contribution in [0.15, 0.2) is 24.3 Å². The van der Waals surface area contributed by atoms with E-state index in [-0.39, 0.29) is 45.7 Å². The van der Waals surface area contributed by atoms with Crippen LogP contribution < -0.4 is 4.40 Å². The average Bonchev–Trinajstić information content (AvgIpc) is 2.73. The van der Waals surface area contributed by atoms with Gasteiger partial charge in [-0.3, -0.25) is 0 Å². The third-order valence-corrected chi connectivity index (χ3v) is 4.96. The molecule has 0 aliphatic rings. The smallest absolute Gasteiger partial charge is 0 e. The molecule has 0 aliphatic heterocycles. The van der Waals surface area contributed by atoms with Crippen LogP contribution in [0.5, 0.6) is 0 Å². The van der Waals surface area contributed by atoms with Gasteiger partial charge >= 0.3 is 54.5 Å². The summed E-state index contributed by atoms with van der Waals surface area (Å²) in [6.45, 7) is 5.79. The van der Waals surface area contributed by atoms with Crippen LogP contribution >= 0.6 is 0 Å². The Hall–Kier alpha value is 0.643. The van der Waals surface area contributed by atoms with Gasteiger partial charge < -0.3 is 15.3 Å². The normalized spacial score (nSPS) is 7.61. The number of hydrogen-bond donors (Lipinski definition) is 3. The third-order valence-electron chi connectivity index (χ3n) is 1.36. The molecule has 0 fully saturated rings. The van der Waals surface area contributed by atoms with Crippen LogP contribution in [-0.4, -0.2) is 49.5 Å². The number of rotatable bonds is 1. The zero-order chi connectivity index (χ0) is 14.1. The second kappa shape index (κ2) is 26.3. The molecule has 3 nitrogen and oxygen atoms in total. The van der Waals surface area contributed by atoms with Crippen LogP contribution in [0.4, 0.5) is 0 Å². The maximum Gasteiger partial charge on any atom is 0 e. The van der Waals surface area contributed by atoms with Gasteiger partial charge in [0.05, 0.1) is 0 Å². The predicted octanol–water partition coefficient (Wildman–Crippen LogP) is 1.09. The molecule has 5 heteroatoms. The Morgan fingerprint density at radius 3 is 1.17 bits per heavy atom. The molecule has 0 aliphatic carbocycles. The van der Waals surface area contributed by atoms with Gasteiger partial charge in [0.15, 0.2) is 0 Å². The molecule has 1 rings (SSSR count). The Morgan fingerprint density at radius 1 is 0.833 bits per heavy atom. The van der Waals surface area contributed by atoms with E-state index in [0.29, 0.717) is 0 Å². The first kappa shape index (κ1) is 27.1. The molecule has 0 amide bonds. The molecule has 0 bridgehead atoms. The van der Waals surface area contributed by atoms with Gasteiger partial charge in [-0.05, 0) is 20.8 Å². The molecule has 1 aromatic rings. The number of aliphatic hydroxyl groups excluding tert-OH is 3. The largest absolute Gasteiger partial charge is 0 e. The van der Waals surface area contributed by atoms with E-state index in [9.17, 15) is 0 Å². The summed E-state index contributed by atoms with van der Waals surface area (Å²) in [6.07, 6.45) is 0. The van der Waals surface area contributed by atoms with E-state index in [1.165, 1.54) is 0 Å². The van der Waals surface area contributed by atoms with Gasteiger partial charge in [0.1, 0.15) is 0 Å². The molecule has 0 aromatic heterocycles. The molecule has 0 unspecified atom stereocenters. The standard InChI is InChI=1S/C7H11Ge.3C2H6O.Hf/c1-8(2)7-5-3-4-6-7;3*1-2-3;/h3-6,8H,1-2H3;3*3H,2H2,1H3;/q-1;;;;. The summed E-state index contributed by atoms with van der Waals surface area (Å²) in [7, 11) is 0. The van der Waals surface area contributed by atoms with Gasteiger partial charge in [-0.25, -0.2) is 0 Å². The minimum absolute atomic E-state index is 0. The van der Waals surface area contributed by atoms with Crippen molar-refractivity contribution in [2.45, 2.75) is 32.3 Å². The molecule has 108 valence electrons. The maximum absolute atomic E-state index is 7.57. The summed E-state index contributed by atoms with van der Waals surface area (Å²) in [5, 5.41) is 22.7. The molecule has 0 atom stereocenters. The van der Waals surface area contributed by atoms with Crippen molar-refractivity contribution in [1.29, 1.82) is 0 Å². The molecule has 0 saturated heterocycles. The average molecular weight is 484 g/mol. The summed E-state index contributed by atoms with van der Waals surface area (Å²) in [6, 6.07) is 8.73. The summed E-state index contributed by atoms with van der Waals surface area (Å²) in [5.41, 5.74) is 0. The monoisotopic (exact) mass is 487 g/mol. The SMILES string of the molecule is CCO.CCO.CCO.[CH3][GeH]([CH3])[c-]1cccc1.[Hf]. The van der Waals surface area contributed by atoms with Crippen LogP contribution in [0, 0.1) is 0 Å². The molecule has 0 heterocycles. The van der Waals surface area contributed by atoms with Crippen LogP contribution in [0.3, 0.4) is 0 Å². The second-order valence-corrected chi connectivity index (χ2v) is 9.57.